The van der Waals surface area contributed by atoms with Crippen LogP contribution >= 0.6 is 11.3 Å². The molecule has 3 aromatic rings. The molecule has 24 heavy (non-hydrogen) atoms. The van der Waals surface area contributed by atoms with Crippen molar-refractivity contribution in [1.82, 2.24) is 9.97 Å². The third-order valence-electron chi connectivity index (χ3n) is 3.38. The SMILES string of the molecule is CCC.COc1ccc2c(=O)cc(-c3nc(C(C)C)cs3)[nH]c2c1. The number of H-pyrrole nitrogens is 1. The molecule has 0 aliphatic heterocycles. The van der Waals surface area contributed by atoms with E-state index in [0.717, 1.165) is 27.7 Å². The number of benzene rings is 1. The van der Waals surface area contributed by atoms with E-state index in [-0.39, 0.29) is 5.43 Å². The van der Waals surface area contributed by atoms with Crippen molar-refractivity contribution in [1.29, 1.82) is 0 Å². The van der Waals surface area contributed by atoms with Gasteiger partial charge in [-0.2, -0.15) is 0 Å². The molecule has 1 aromatic carbocycles. The topological polar surface area (TPSA) is 55.0 Å². The van der Waals surface area contributed by atoms with Gasteiger partial charge in [0.15, 0.2) is 5.43 Å². The summed E-state index contributed by atoms with van der Waals surface area (Å²) in [5.41, 5.74) is 2.54. The molecule has 1 N–H and O–H groups in total. The molecule has 0 amide bonds. The van der Waals surface area contributed by atoms with Crippen molar-refractivity contribution in [3.05, 3.63) is 45.6 Å². The third-order valence-corrected chi connectivity index (χ3v) is 4.27. The van der Waals surface area contributed by atoms with Crippen molar-refractivity contribution in [3.63, 3.8) is 0 Å². The number of hydrogen-bond acceptors (Lipinski definition) is 4. The fourth-order valence-electron chi connectivity index (χ4n) is 2.15. The van der Waals surface area contributed by atoms with Crippen LogP contribution in [0.15, 0.2) is 34.4 Å². The quantitative estimate of drug-likeness (QED) is 0.710. The normalized spacial score (nSPS) is 10.6. The zero-order chi connectivity index (χ0) is 17.7. The maximum absolute atomic E-state index is 12.2. The maximum atomic E-state index is 12.2. The van der Waals surface area contributed by atoms with Crippen LogP contribution in [-0.4, -0.2) is 17.1 Å². The van der Waals surface area contributed by atoms with Gasteiger partial charge < -0.3 is 9.72 Å². The number of fused-ring (bicyclic) bond motifs is 1. The summed E-state index contributed by atoms with van der Waals surface area (Å²) in [7, 11) is 1.61. The summed E-state index contributed by atoms with van der Waals surface area (Å²) in [6.07, 6.45) is 1.25. The summed E-state index contributed by atoms with van der Waals surface area (Å²) in [5, 5.41) is 3.52. The minimum absolute atomic E-state index is 0.0114. The number of aromatic amines is 1. The molecule has 0 saturated heterocycles. The Labute approximate surface area is 146 Å². The second-order valence-corrected chi connectivity index (χ2v) is 6.76. The molecule has 0 bridgehead atoms. The highest BCUT2D eigenvalue weighted by atomic mass is 32.1. The average molecular weight is 344 g/mol. The number of hydrogen-bond donors (Lipinski definition) is 1. The molecular weight excluding hydrogens is 320 g/mol. The molecule has 0 radical (unpaired) electrons. The van der Waals surface area contributed by atoms with E-state index in [0.29, 0.717) is 11.3 Å². The van der Waals surface area contributed by atoms with Crippen LogP contribution in [0.3, 0.4) is 0 Å². The smallest absolute Gasteiger partial charge is 0.190 e. The molecule has 0 aliphatic carbocycles. The molecule has 3 rings (SSSR count). The highest BCUT2D eigenvalue weighted by Gasteiger charge is 2.10. The van der Waals surface area contributed by atoms with Crippen LogP contribution in [0.5, 0.6) is 5.75 Å². The Morgan fingerprint density at radius 3 is 2.54 bits per heavy atom. The van der Waals surface area contributed by atoms with Crippen molar-refractivity contribution in [2.24, 2.45) is 0 Å². The average Bonchev–Trinajstić information content (AvgIpc) is 3.05. The first-order valence-electron chi connectivity index (χ1n) is 8.17. The lowest BCUT2D eigenvalue weighted by Crippen LogP contribution is -2.03. The van der Waals surface area contributed by atoms with Crippen LogP contribution < -0.4 is 10.2 Å². The van der Waals surface area contributed by atoms with Crippen molar-refractivity contribution >= 4 is 22.2 Å². The van der Waals surface area contributed by atoms with Gasteiger partial charge in [0.25, 0.3) is 0 Å². The first-order valence-corrected chi connectivity index (χ1v) is 9.04. The molecule has 5 heteroatoms. The maximum Gasteiger partial charge on any atom is 0.190 e. The van der Waals surface area contributed by atoms with Crippen LogP contribution in [0.1, 0.15) is 45.7 Å². The lowest BCUT2D eigenvalue weighted by Gasteiger charge is -2.04. The lowest BCUT2D eigenvalue weighted by atomic mass is 10.1. The fourth-order valence-corrected chi connectivity index (χ4v) is 3.10. The van der Waals surface area contributed by atoms with Gasteiger partial charge >= 0.3 is 0 Å². The van der Waals surface area contributed by atoms with E-state index < -0.39 is 0 Å². The van der Waals surface area contributed by atoms with Crippen LogP contribution in [-0.2, 0) is 0 Å². The molecule has 0 saturated carbocycles. The molecule has 0 atom stereocenters. The van der Waals surface area contributed by atoms with Crippen molar-refractivity contribution in [2.75, 3.05) is 7.11 Å². The predicted molar refractivity (Wildman–Crippen MR) is 102 cm³/mol. The Hall–Kier alpha value is -2.14. The van der Waals surface area contributed by atoms with Gasteiger partial charge in [0.2, 0.25) is 0 Å². The van der Waals surface area contributed by atoms with E-state index in [9.17, 15) is 4.79 Å². The minimum atomic E-state index is -0.0114. The summed E-state index contributed by atoms with van der Waals surface area (Å²) < 4.78 is 5.21. The van der Waals surface area contributed by atoms with E-state index in [4.69, 9.17) is 4.74 Å². The van der Waals surface area contributed by atoms with Crippen molar-refractivity contribution in [3.8, 4) is 16.5 Å². The number of aromatic nitrogens is 2. The minimum Gasteiger partial charge on any atom is -0.497 e. The zero-order valence-corrected chi connectivity index (χ0v) is 15.7. The van der Waals surface area contributed by atoms with Gasteiger partial charge in [0.1, 0.15) is 10.8 Å². The molecule has 2 aromatic heterocycles. The summed E-state index contributed by atoms with van der Waals surface area (Å²) in [5.74, 6) is 1.10. The monoisotopic (exact) mass is 344 g/mol. The Kier molecular flexibility index (Phi) is 6.15. The van der Waals surface area contributed by atoms with Gasteiger partial charge in [-0.1, -0.05) is 34.1 Å². The molecule has 4 nitrogen and oxygen atoms in total. The number of nitrogens with one attached hydrogen (secondary N) is 1. The number of rotatable bonds is 3. The number of nitrogens with zero attached hydrogens (tertiary/aromatic N) is 1. The van der Waals surface area contributed by atoms with Gasteiger partial charge in [-0.15, -0.1) is 11.3 Å². The van der Waals surface area contributed by atoms with E-state index in [2.05, 4.69) is 37.7 Å². The van der Waals surface area contributed by atoms with Crippen LogP contribution in [0.2, 0.25) is 0 Å². The zero-order valence-electron chi connectivity index (χ0n) is 14.8. The fraction of sp³-hybridized carbons (Fsp3) is 0.368. The Bertz CT molecular complexity index is 865. The van der Waals surface area contributed by atoms with E-state index >= 15 is 0 Å². The standard InChI is InChI=1S/C16H16N2O2S.C3H8/c1-9(2)14-8-21-16(18-14)13-7-15(19)11-5-4-10(20-3)6-12(11)17-13;1-3-2/h4-9H,1-3H3,(H,17,19);3H2,1-2H3. The summed E-state index contributed by atoms with van der Waals surface area (Å²) in [6, 6.07) is 7.00. The van der Waals surface area contributed by atoms with Crippen molar-refractivity contribution in [2.45, 2.75) is 40.0 Å². The third kappa shape index (κ3) is 4.03. The lowest BCUT2D eigenvalue weighted by molar-refractivity contribution is 0.415. The van der Waals surface area contributed by atoms with E-state index in [1.807, 2.05) is 11.4 Å². The second-order valence-electron chi connectivity index (χ2n) is 5.90. The molecule has 0 spiro atoms. The molecule has 128 valence electrons. The van der Waals surface area contributed by atoms with Crippen LogP contribution in [0.25, 0.3) is 21.6 Å². The van der Waals surface area contributed by atoms with Crippen molar-refractivity contribution < 1.29 is 4.74 Å². The second kappa shape index (κ2) is 8.11. The van der Waals surface area contributed by atoms with Crippen LogP contribution in [0, 0.1) is 0 Å². The Morgan fingerprint density at radius 1 is 1.25 bits per heavy atom. The van der Waals surface area contributed by atoms with E-state index in [1.54, 1.807) is 36.6 Å². The van der Waals surface area contributed by atoms with Crippen LogP contribution in [0.4, 0.5) is 0 Å². The first kappa shape index (κ1) is 18.2. The highest BCUT2D eigenvalue weighted by molar-refractivity contribution is 7.13. The van der Waals surface area contributed by atoms with E-state index in [1.165, 1.54) is 6.42 Å². The largest absolute Gasteiger partial charge is 0.497 e. The van der Waals surface area contributed by atoms with Gasteiger partial charge in [-0.05, 0) is 18.1 Å². The highest BCUT2D eigenvalue weighted by Crippen LogP contribution is 2.26. The summed E-state index contributed by atoms with van der Waals surface area (Å²) in [4.78, 5) is 20.1. The number of ether oxygens (including phenoxy) is 1. The molecule has 0 aliphatic rings. The van der Waals surface area contributed by atoms with Gasteiger partial charge in [-0.3, -0.25) is 4.79 Å². The molecule has 2 heterocycles. The molecular formula is C19H24N2O2S. The Balaban J connectivity index is 0.000000647. The molecule has 0 fully saturated rings. The van der Waals surface area contributed by atoms with Gasteiger partial charge in [0.05, 0.1) is 24.0 Å². The Morgan fingerprint density at radius 2 is 1.96 bits per heavy atom. The predicted octanol–water partition coefficient (Wildman–Crippen LogP) is 5.20. The summed E-state index contributed by atoms with van der Waals surface area (Å²) >= 11 is 1.55. The first-order chi connectivity index (χ1) is 11.5. The number of methoxy groups -OCH3 is 1. The van der Waals surface area contributed by atoms with Gasteiger partial charge in [-0.25, -0.2) is 4.98 Å². The molecule has 0 unspecified atom stereocenters. The summed E-state index contributed by atoms with van der Waals surface area (Å²) in [6.45, 7) is 8.46. The number of pyridine rings is 1. The number of thiazole rings is 1. The van der Waals surface area contributed by atoms with Gasteiger partial charge in [0, 0.05) is 22.9 Å².